The molecule has 0 saturated carbocycles. The summed E-state index contributed by atoms with van der Waals surface area (Å²) in [7, 11) is 0. The largest absolute Gasteiger partial charge is 0.461 e. The van der Waals surface area contributed by atoms with Crippen LogP contribution in [-0.4, -0.2) is 5.97 Å². The van der Waals surface area contributed by atoms with Crippen molar-refractivity contribution >= 4 is 21.9 Å². The molecule has 0 N–H and O–H groups in total. The van der Waals surface area contributed by atoms with Crippen molar-refractivity contribution in [3.63, 3.8) is 0 Å². The van der Waals surface area contributed by atoms with Crippen LogP contribution in [0.1, 0.15) is 18.1 Å². The van der Waals surface area contributed by atoms with E-state index in [1.807, 2.05) is 25.1 Å². The SMILES string of the molecule is CC(=O)OCc1cccc(C)c1Br. The van der Waals surface area contributed by atoms with Gasteiger partial charge in [0.15, 0.2) is 0 Å². The second-order valence-corrected chi connectivity index (χ2v) is 3.62. The van der Waals surface area contributed by atoms with E-state index in [9.17, 15) is 4.79 Å². The highest BCUT2D eigenvalue weighted by atomic mass is 79.9. The number of halogens is 1. The predicted octanol–water partition coefficient (Wildman–Crippen LogP) is 2.82. The van der Waals surface area contributed by atoms with Gasteiger partial charge in [-0.3, -0.25) is 4.79 Å². The zero-order chi connectivity index (χ0) is 9.84. The van der Waals surface area contributed by atoms with Crippen molar-refractivity contribution in [2.45, 2.75) is 20.5 Å². The van der Waals surface area contributed by atoms with Crippen LogP contribution in [-0.2, 0) is 16.1 Å². The predicted molar refractivity (Wildman–Crippen MR) is 54.3 cm³/mol. The lowest BCUT2D eigenvalue weighted by molar-refractivity contribution is -0.142. The molecular weight excluding hydrogens is 232 g/mol. The van der Waals surface area contributed by atoms with Crippen LogP contribution in [0.5, 0.6) is 0 Å². The van der Waals surface area contributed by atoms with E-state index in [-0.39, 0.29) is 5.97 Å². The van der Waals surface area contributed by atoms with Crippen LogP contribution in [0.15, 0.2) is 22.7 Å². The first-order chi connectivity index (χ1) is 6.11. The number of carbonyl (C=O) groups excluding carboxylic acids is 1. The lowest BCUT2D eigenvalue weighted by Crippen LogP contribution is -1.99. The number of carbonyl (C=O) groups is 1. The molecule has 0 aliphatic rings. The third kappa shape index (κ3) is 2.84. The minimum atomic E-state index is -0.256. The Morgan fingerprint density at radius 3 is 2.85 bits per heavy atom. The molecule has 0 fully saturated rings. The van der Waals surface area contributed by atoms with Gasteiger partial charge >= 0.3 is 5.97 Å². The van der Waals surface area contributed by atoms with Crippen molar-refractivity contribution in [2.24, 2.45) is 0 Å². The highest BCUT2D eigenvalue weighted by Gasteiger charge is 2.03. The molecule has 0 saturated heterocycles. The van der Waals surface area contributed by atoms with Gasteiger partial charge in [-0.25, -0.2) is 0 Å². The standard InChI is InChI=1S/C10H11BrO2/c1-7-4-3-5-9(10(7)11)6-13-8(2)12/h3-5H,6H2,1-2H3. The Morgan fingerprint density at radius 1 is 1.54 bits per heavy atom. The van der Waals surface area contributed by atoms with Crippen molar-refractivity contribution in [2.75, 3.05) is 0 Å². The quantitative estimate of drug-likeness (QED) is 0.746. The maximum Gasteiger partial charge on any atom is 0.302 e. The van der Waals surface area contributed by atoms with Gasteiger partial charge in [-0.1, -0.05) is 34.1 Å². The first kappa shape index (κ1) is 10.3. The Hall–Kier alpha value is -0.830. The number of hydrogen-bond acceptors (Lipinski definition) is 2. The van der Waals surface area contributed by atoms with Gasteiger partial charge in [0.25, 0.3) is 0 Å². The summed E-state index contributed by atoms with van der Waals surface area (Å²) < 4.78 is 5.91. The fourth-order valence-corrected chi connectivity index (χ4v) is 1.38. The Morgan fingerprint density at radius 2 is 2.23 bits per heavy atom. The van der Waals surface area contributed by atoms with Gasteiger partial charge in [0.05, 0.1) is 0 Å². The first-order valence-corrected chi connectivity index (χ1v) is 4.78. The van der Waals surface area contributed by atoms with Crippen LogP contribution >= 0.6 is 15.9 Å². The van der Waals surface area contributed by atoms with Gasteiger partial charge in [0.2, 0.25) is 0 Å². The van der Waals surface area contributed by atoms with Gasteiger partial charge in [-0.05, 0) is 12.5 Å². The molecule has 0 aromatic heterocycles. The van der Waals surface area contributed by atoms with Crippen molar-refractivity contribution < 1.29 is 9.53 Å². The topological polar surface area (TPSA) is 26.3 Å². The van der Waals surface area contributed by atoms with Gasteiger partial charge in [0, 0.05) is 17.0 Å². The molecule has 0 aliphatic carbocycles. The molecule has 0 heterocycles. The van der Waals surface area contributed by atoms with Crippen LogP contribution in [0.25, 0.3) is 0 Å². The molecule has 2 nitrogen and oxygen atoms in total. The molecule has 0 spiro atoms. The number of aryl methyl sites for hydroxylation is 1. The molecule has 13 heavy (non-hydrogen) atoms. The van der Waals surface area contributed by atoms with E-state index >= 15 is 0 Å². The maximum absolute atomic E-state index is 10.6. The van der Waals surface area contributed by atoms with Crippen molar-refractivity contribution in [3.05, 3.63) is 33.8 Å². The lowest BCUT2D eigenvalue weighted by atomic mass is 10.1. The summed E-state index contributed by atoms with van der Waals surface area (Å²) in [6.45, 7) is 3.74. The van der Waals surface area contributed by atoms with Crippen molar-refractivity contribution in [1.82, 2.24) is 0 Å². The summed E-state index contributed by atoms with van der Waals surface area (Å²) in [4.78, 5) is 10.6. The maximum atomic E-state index is 10.6. The zero-order valence-corrected chi connectivity index (χ0v) is 9.22. The number of ether oxygens (including phenoxy) is 1. The van der Waals surface area contributed by atoms with Crippen LogP contribution in [0.2, 0.25) is 0 Å². The number of hydrogen-bond donors (Lipinski definition) is 0. The number of esters is 1. The van der Waals surface area contributed by atoms with E-state index in [0.29, 0.717) is 6.61 Å². The highest BCUT2D eigenvalue weighted by molar-refractivity contribution is 9.10. The molecule has 1 rings (SSSR count). The molecule has 0 bridgehead atoms. The van der Waals surface area contributed by atoms with E-state index in [2.05, 4.69) is 15.9 Å². The average Bonchev–Trinajstić information content (AvgIpc) is 2.07. The smallest absolute Gasteiger partial charge is 0.302 e. The van der Waals surface area contributed by atoms with E-state index in [0.717, 1.165) is 15.6 Å². The first-order valence-electron chi connectivity index (χ1n) is 3.98. The van der Waals surface area contributed by atoms with E-state index in [4.69, 9.17) is 4.74 Å². The Balaban J connectivity index is 2.77. The molecular formula is C10H11BrO2. The number of benzene rings is 1. The Bertz CT molecular complexity index is 321. The van der Waals surface area contributed by atoms with Crippen LogP contribution in [0, 0.1) is 6.92 Å². The van der Waals surface area contributed by atoms with Crippen molar-refractivity contribution in [3.8, 4) is 0 Å². The molecule has 0 atom stereocenters. The molecule has 1 aromatic rings. The zero-order valence-electron chi connectivity index (χ0n) is 7.63. The second-order valence-electron chi connectivity index (χ2n) is 2.83. The average molecular weight is 243 g/mol. The van der Waals surface area contributed by atoms with Crippen molar-refractivity contribution in [1.29, 1.82) is 0 Å². The lowest BCUT2D eigenvalue weighted by Gasteiger charge is -2.06. The molecule has 70 valence electrons. The van der Waals surface area contributed by atoms with Gasteiger partial charge in [-0.15, -0.1) is 0 Å². The molecule has 0 amide bonds. The second kappa shape index (κ2) is 4.42. The van der Waals surface area contributed by atoms with Gasteiger partial charge in [-0.2, -0.15) is 0 Å². The summed E-state index contributed by atoms with van der Waals surface area (Å²) >= 11 is 3.44. The van der Waals surface area contributed by atoms with Crippen LogP contribution < -0.4 is 0 Å². The van der Waals surface area contributed by atoms with E-state index < -0.39 is 0 Å². The molecule has 1 aromatic carbocycles. The Kier molecular flexibility index (Phi) is 3.48. The molecule has 0 aliphatic heterocycles. The molecule has 0 radical (unpaired) electrons. The summed E-state index contributed by atoms with van der Waals surface area (Å²) in [5.74, 6) is -0.256. The Labute approximate surface area is 86.0 Å². The van der Waals surface area contributed by atoms with Gasteiger partial charge in [0.1, 0.15) is 6.61 Å². The molecule has 0 unspecified atom stereocenters. The third-order valence-corrected chi connectivity index (χ3v) is 2.84. The van der Waals surface area contributed by atoms with E-state index in [1.165, 1.54) is 6.92 Å². The minimum absolute atomic E-state index is 0.256. The highest BCUT2D eigenvalue weighted by Crippen LogP contribution is 2.21. The summed E-state index contributed by atoms with van der Waals surface area (Å²) in [6.07, 6.45) is 0. The summed E-state index contributed by atoms with van der Waals surface area (Å²) in [6, 6.07) is 5.88. The van der Waals surface area contributed by atoms with E-state index in [1.54, 1.807) is 0 Å². The number of rotatable bonds is 2. The summed E-state index contributed by atoms with van der Waals surface area (Å²) in [5.41, 5.74) is 2.14. The fourth-order valence-electron chi connectivity index (χ4n) is 0.999. The van der Waals surface area contributed by atoms with Crippen LogP contribution in [0.4, 0.5) is 0 Å². The molecule has 3 heteroatoms. The third-order valence-electron chi connectivity index (χ3n) is 1.70. The normalized spacial score (nSPS) is 9.77. The summed E-state index contributed by atoms with van der Waals surface area (Å²) in [5, 5.41) is 0. The fraction of sp³-hybridized carbons (Fsp3) is 0.300. The minimum Gasteiger partial charge on any atom is -0.461 e. The monoisotopic (exact) mass is 242 g/mol. The van der Waals surface area contributed by atoms with Crippen LogP contribution in [0.3, 0.4) is 0 Å². The van der Waals surface area contributed by atoms with Gasteiger partial charge < -0.3 is 4.74 Å².